The molecular formula is C17H18FNO3S. The summed E-state index contributed by atoms with van der Waals surface area (Å²) >= 11 is 0. The Morgan fingerprint density at radius 1 is 1.13 bits per heavy atom. The van der Waals surface area contributed by atoms with Crippen molar-refractivity contribution in [3.05, 3.63) is 59.9 Å². The third-order valence-corrected chi connectivity index (χ3v) is 5.83. The van der Waals surface area contributed by atoms with Gasteiger partial charge in [0.15, 0.2) is 0 Å². The van der Waals surface area contributed by atoms with Crippen molar-refractivity contribution in [2.45, 2.75) is 30.3 Å². The van der Waals surface area contributed by atoms with Crippen LogP contribution in [0.5, 0.6) is 5.75 Å². The van der Waals surface area contributed by atoms with Gasteiger partial charge in [-0.15, -0.1) is 0 Å². The van der Waals surface area contributed by atoms with Crippen LogP contribution in [0.25, 0.3) is 0 Å². The molecule has 0 saturated heterocycles. The zero-order valence-corrected chi connectivity index (χ0v) is 13.6. The normalized spacial score (nSPS) is 14.9. The molecule has 2 aromatic rings. The topological polar surface area (TPSA) is 46.6 Å². The van der Waals surface area contributed by atoms with Crippen LogP contribution in [0.3, 0.4) is 0 Å². The van der Waals surface area contributed by atoms with E-state index in [1.165, 1.54) is 23.5 Å². The Balaban J connectivity index is 1.99. The van der Waals surface area contributed by atoms with E-state index in [1.54, 1.807) is 36.4 Å². The lowest BCUT2D eigenvalue weighted by molar-refractivity contribution is 0.378. The van der Waals surface area contributed by atoms with Crippen LogP contribution in [0.1, 0.15) is 18.4 Å². The van der Waals surface area contributed by atoms with E-state index in [1.807, 2.05) is 0 Å². The number of para-hydroxylation sites is 1. The Bertz CT molecular complexity index is 803. The van der Waals surface area contributed by atoms with Gasteiger partial charge in [0, 0.05) is 18.2 Å². The van der Waals surface area contributed by atoms with Crippen LogP contribution in [-0.4, -0.2) is 25.9 Å². The van der Waals surface area contributed by atoms with Gasteiger partial charge in [-0.25, -0.2) is 12.8 Å². The van der Waals surface area contributed by atoms with Gasteiger partial charge in [-0.3, -0.25) is 0 Å². The molecule has 0 heterocycles. The van der Waals surface area contributed by atoms with E-state index >= 15 is 0 Å². The molecule has 3 rings (SSSR count). The Kier molecular flexibility index (Phi) is 4.37. The first-order chi connectivity index (χ1) is 11.0. The molecule has 0 amide bonds. The van der Waals surface area contributed by atoms with E-state index in [0.717, 1.165) is 12.8 Å². The van der Waals surface area contributed by atoms with E-state index in [-0.39, 0.29) is 17.5 Å². The highest BCUT2D eigenvalue weighted by Gasteiger charge is 2.39. The van der Waals surface area contributed by atoms with Crippen molar-refractivity contribution in [2.24, 2.45) is 0 Å². The lowest BCUT2D eigenvalue weighted by Gasteiger charge is -2.23. The van der Waals surface area contributed by atoms with Gasteiger partial charge in [-0.1, -0.05) is 30.3 Å². The van der Waals surface area contributed by atoms with Crippen LogP contribution in [0.4, 0.5) is 4.39 Å². The molecule has 0 atom stereocenters. The van der Waals surface area contributed by atoms with Crippen molar-refractivity contribution in [3.8, 4) is 5.75 Å². The maximum absolute atomic E-state index is 13.9. The second-order valence-electron chi connectivity index (χ2n) is 5.52. The number of benzene rings is 2. The average molecular weight is 335 g/mol. The maximum Gasteiger partial charge on any atom is 0.247 e. The van der Waals surface area contributed by atoms with Crippen molar-refractivity contribution in [1.82, 2.24) is 4.31 Å². The summed E-state index contributed by atoms with van der Waals surface area (Å²) in [6.07, 6.45) is 1.59. The predicted molar refractivity (Wildman–Crippen MR) is 85.1 cm³/mol. The van der Waals surface area contributed by atoms with E-state index in [0.29, 0.717) is 11.3 Å². The first-order valence-electron chi connectivity index (χ1n) is 7.42. The fourth-order valence-electron chi connectivity index (χ4n) is 2.53. The predicted octanol–water partition coefficient (Wildman–Crippen LogP) is 3.19. The molecule has 1 aliphatic carbocycles. The summed E-state index contributed by atoms with van der Waals surface area (Å²) < 4.78 is 46.5. The molecule has 2 aromatic carbocycles. The summed E-state index contributed by atoms with van der Waals surface area (Å²) in [6.45, 7) is 0.0255. The van der Waals surface area contributed by atoms with E-state index in [2.05, 4.69) is 0 Å². The highest BCUT2D eigenvalue weighted by Crippen LogP contribution is 2.36. The third-order valence-electron chi connectivity index (χ3n) is 3.89. The smallest absolute Gasteiger partial charge is 0.247 e. The molecule has 122 valence electrons. The number of methoxy groups -OCH3 is 1. The average Bonchev–Trinajstić information content (AvgIpc) is 3.38. The number of sulfonamides is 1. The molecular weight excluding hydrogens is 317 g/mol. The SMILES string of the molecule is COc1ccccc1S(=O)(=O)N(Cc1ccccc1F)C1CC1. The Morgan fingerprint density at radius 3 is 2.43 bits per heavy atom. The largest absolute Gasteiger partial charge is 0.495 e. The highest BCUT2D eigenvalue weighted by molar-refractivity contribution is 7.89. The zero-order valence-electron chi connectivity index (χ0n) is 12.8. The molecule has 6 heteroatoms. The van der Waals surface area contributed by atoms with Gasteiger partial charge in [0.05, 0.1) is 7.11 Å². The maximum atomic E-state index is 13.9. The van der Waals surface area contributed by atoms with Gasteiger partial charge in [-0.05, 0) is 31.0 Å². The van der Waals surface area contributed by atoms with Crippen molar-refractivity contribution in [2.75, 3.05) is 7.11 Å². The fraction of sp³-hybridized carbons (Fsp3) is 0.294. The van der Waals surface area contributed by atoms with Gasteiger partial charge in [0.2, 0.25) is 10.0 Å². The van der Waals surface area contributed by atoms with Gasteiger partial charge < -0.3 is 4.74 Å². The number of ether oxygens (including phenoxy) is 1. The minimum atomic E-state index is -3.75. The summed E-state index contributed by atoms with van der Waals surface area (Å²) in [4.78, 5) is 0.116. The molecule has 0 bridgehead atoms. The number of nitrogens with zero attached hydrogens (tertiary/aromatic N) is 1. The van der Waals surface area contributed by atoms with Crippen molar-refractivity contribution >= 4 is 10.0 Å². The fourth-order valence-corrected chi connectivity index (χ4v) is 4.35. The molecule has 1 fully saturated rings. The molecule has 4 nitrogen and oxygen atoms in total. The molecule has 0 unspecified atom stereocenters. The molecule has 1 aliphatic rings. The number of rotatable bonds is 6. The van der Waals surface area contributed by atoms with Crippen LogP contribution in [0.15, 0.2) is 53.4 Å². The number of hydrogen-bond acceptors (Lipinski definition) is 3. The minimum absolute atomic E-state index is 0.0255. The standard InChI is InChI=1S/C17H18FNO3S/c1-22-16-8-4-5-9-17(16)23(20,21)19(14-10-11-14)12-13-6-2-3-7-15(13)18/h2-9,14H,10-12H2,1H3. The van der Waals surface area contributed by atoms with Crippen LogP contribution >= 0.6 is 0 Å². The van der Waals surface area contributed by atoms with Gasteiger partial charge in [0.1, 0.15) is 16.5 Å². The van der Waals surface area contributed by atoms with E-state index in [4.69, 9.17) is 4.74 Å². The second kappa shape index (κ2) is 6.29. The Morgan fingerprint density at radius 2 is 1.78 bits per heavy atom. The first kappa shape index (κ1) is 16.0. The molecule has 23 heavy (non-hydrogen) atoms. The molecule has 0 spiro atoms. The summed E-state index contributed by atoms with van der Waals surface area (Å²) in [5, 5.41) is 0. The first-order valence-corrected chi connectivity index (χ1v) is 8.86. The monoisotopic (exact) mass is 335 g/mol. The number of hydrogen-bond donors (Lipinski definition) is 0. The Labute approximate surface area is 135 Å². The molecule has 0 radical (unpaired) electrons. The second-order valence-corrected chi connectivity index (χ2v) is 7.38. The molecule has 0 N–H and O–H groups in total. The van der Waals surface area contributed by atoms with Gasteiger partial charge in [0.25, 0.3) is 0 Å². The van der Waals surface area contributed by atoms with Crippen LogP contribution in [0.2, 0.25) is 0 Å². The van der Waals surface area contributed by atoms with E-state index in [9.17, 15) is 12.8 Å². The lowest BCUT2D eigenvalue weighted by atomic mass is 10.2. The summed E-state index contributed by atoms with van der Waals surface area (Å²) in [5.74, 6) is -0.0972. The number of halogens is 1. The highest BCUT2D eigenvalue weighted by atomic mass is 32.2. The minimum Gasteiger partial charge on any atom is -0.495 e. The quantitative estimate of drug-likeness (QED) is 0.814. The van der Waals surface area contributed by atoms with E-state index < -0.39 is 15.8 Å². The van der Waals surface area contributed by atoms with Gasteiger partial charge in [-0.2, -0.15) is 4.31 Å². The third kappa shape index (κ3) is 3.23. The molecule has 0 aliphatic heterocycles. The van der Waals surface area contributed by atoms with Crippen LogP contribution in [-0.2, 0) is 16.6 Å². The summed E-state index contributed by atoms with van der Waals surface area (Å²) in [7, 11) is -2.32. The van der Waals surface area contributed by atoms with Crippen molar-refractivity contribution in [3.63, 3.8) is 0 Å². The van der Waals surface area contributed by atoms with Crippen LogP contribution < -0.4 is 4.74 Å². The molecule has 0 aromatic heterocycles. The lowest BCUT2D eigenvalue weighted by Crippen LogP contribution is -2.33. The van der Waals surface area contributed by atoms with Gasteiger partial charge >= 0.3 is 0 Å². The zero-order chi connectivity index (χ0) is 16.4. The van der Waals surface area contributed by atoms with Crippen LogP contribution in [0, 0.1) is 5.82 Å². The molecule has 1 saturated carbocycles. The van der Waals surface area contributed by atoms with Crippen molar-refractivity contribution < 1.29 is 17.5 Å². The Hall–Kier alpha value is -1.92. The summed E-state index contributed by atoms with van der Waals surface area (Å²) in [5.41, 5.74) is 0.373. The summed E-state index contributed by atoms with van der Waals surface area (Å²) in [6, 6.07) is 12.7. The van der Waals surface area contributed by atoms with Crippen molar-refractivity contribution in [1.29, 1.82) is 0 Å².